The van der Waals surface area contributed by atoms with Crippen molar-refractivity contribution in [2.45, 2.75) is 9.79 Å². The molecule has 0 heterocycles. The van der Waals surface area contributed by atoms with Gasteiger partial charge < -0.3 is 19.8 Å². The maximum Gasteiger partial charge on any atom is 0.289 e. The topological polar surface area (TPSA) is 158 Å². The Balaban J connectivity index is 2.78. The fourth-order valence-corrected chi connectivity index (χ4v) is 3.59. The van der Waals surface area contributed by atoms with Crippen LogP contribution in [0.3, 0.4) is 0 Å². The molecule has 24 heavy (non-hydrogen) atoms. The molecule has 2 aromatic rings. The molecule has 9 nitrogen and oxygen atoms in total. The highest BCUT2D eigenvalue weighted by molar-refractivity contribution is 7.91. The van der Waals surface area contributed by atoms with E-state index in [1.54, 1.807) is 0 Å². The Bertz CT molecular complexity index is 964. The van der Waals surface area contributed by atoms with Gasteiger partial charge in [-0.2, -0.15) is 0 Å². The molecule has 0 aliphatic heterocycles. The third-order valence-corrected chi connectivity index (χ3v) is 4.94. The van der Waals surface area contributed by atoms with Gasteiger partial charge in [-0.25, -0.2) is 8.42 Å². The number of nitro groups is 1. The zero-order chi connectivity index (χ0) is 18.1. The predicted octanol–water partition coefficient (Wildman–Crippen LogP) is -0.845. The summed E-state index contributed by atoms with van der Waals surface area (Å²) in [5.41, 5.74) is -2.27. The Kier molecular flexibility index (Phi) is 4.33. The molecule has 2 rings (SSSR count). The van der Waals surface area contributed by atoms with Crippen LogP contribution >= 0.6 is 0 Å². The van der Waals surface area contributed by atoms with Crippen LogP contribution in [0.15, 0.2) is 52.3 Å². The minimum atomic E-state index is -4.61. The first kappa shape index (κ1) is 17.1. The molecule has 0 radical (unpaired) electrons. The van der Waals surface area contributed by atoms with Gasteiger partial charge in [-0.3, -0.25) is 10.1 Å². The zero-order valence-electron chi connectivity index (χ0n) is 11.7. The van der Waals surface area contributed by atoms with Crippen molar-refractivity contribution >= 4 is 27.5 Å². The van der Waals surface area contributed by atoms with Crippen LogP contribution in [0, 0.1) is 10.1 Å². The number of benzene rings is 2. The van der Waals surface area contributed by atoms with E-state index in [0.717, 1.165) is 18.2 Å². The maximum absolute atomic E-state index is 12.6. The van der Waals surface area contributed by atoms with E-state index < -0.39 is 53.3 Å². The molecular formula is C14H7NO8S-2. The van der Waals surface area contributed by atoms with Crippen molar-refractivity contribution < 1.29 is 33.1 Å². The Morgan fingerprint density at radius 2 is 1.54 bits per heavy atom. The van der Waals surface area contributed by atoms with Crippen molar-refractivity contribution in [2.24, 2.45) is 0 Å². The fraction of sp³-hybridized carbons (Fsp3) is 0. The molecule has 10 heteroatoms. The molecule has 0 aromatic heterocycles. The number of nitro benzene ring substituents is 1. The highest BCUT2D eigenvalue weighted by atomic mass is 32.2. The van der Waals surface area contributed by atoms with E-state index in [-0.39, 0.29) is 0 Å². The molecule has 0 saturated heterocycles. The molecule has 0 fully saturated rings. The summed E-state index contributed by atoms with van der Waals surface area (Å²) in [5, 5.41) is 32.9. The summed E-state index contributed by atoms with van der Waals surface area (Å²) in [5.74, 6) is -3.50. The van der Waals surface area contributed by atoms with E-state index in [4.69, 9.17) is 0 Å². The zero-order valence-corrected chi connectivity index (χ0v) is 12.5. The van der Waals surface area contributed by atoms with Gasteiger partial charge in [-0.05, 0) is 12.1 Å². The lowest BCUT2D eigenvalue weighted by molar-refractivity contribution is -0.387. The molecule has 0 aliphatic rings. The van der Waals surface area contributed by atoms with Crippen molar-refractivity contribution in [1.82, 2.24) is 0 Å². The average Bonchev–Trinajstić information content (AvgIpc) is 2.54. The molecule has 2 aromatic carbocycles. The number of carbonyl (C=O) groups is 2. The van der Waals surface area contributed by atoms with Crippen molar-refractivity contribution in [2.75, 3.05) is 0 Å². The summed E-state index contributed by atoms with van der Waals surface area (Å²) in [7, 11) is -4.61. The second-order valence-corrected chi connectivity index (χ2v) is 6.40. The van der Waals surface area contributed by atoms with Gasteiger partial charge in [-0.15, -0.1) is 0 Å². The largest absolute Gasteiger partial charge is 0.545 e. The van der Waals surface area contributed by atoms with Gasteiger partial charge in [0, 0.05) is 17.2 Å². The van der Waals surface area contributed by atoms with Crippen LogP contribution in [0.2, 0.25) is 0 Å². The van der Waals surface area contributed by atoms with Gasteiger partial charge in [0.05, 0.1) is 21.8 Å². The van der Waals surface area contributed by atoms with Crippen molar-refractivity contribution in [1.29, 1.82) is 0 Å². The van der Waals surface area contributed by atoms with Gasteiger partial charge in [0.2, 0.25) is 9.84 Å². The van der Waals surface area contributed by atoms with E-state index in [9.17, 15) is 38.3 Å². The van der Waals surface area contributed by atoms with Crippen molar-refractivity contribution in [3.63, 3.8) is 0 Å². The Labute approximate surface area is 134 Å². The maximum atomic E-state index is 12.6. The monoisotopic (exact) mass is 349 g/mol. The lowest BCUT2D eigenvalue weighted by Crippen LogP contribution is -2.25. The smallest absolute Gasteiger partial charge is 0.289 e. The number of hydrogen-bond acceptors (Lipinski definition) is 8. The van der Waals surface area contributed by atoms with Crippen LogP contribution in [0.4, 0.5) is 5.69 Å². The Hall–Kier alpha value is -3.27. The first-order valence-electron chi connectivity index (χ1n) is 6.21. The minimum Gasteiger partial charge on any atom is -0.545 e. The third kappa shape index (κ3) is 2.94. The quantitative estimate of drug-likeness (QED) is 0.499. The average molecular weight is 349 g/mol. The van der Waals surface area contributed by atoms with Gasteiger partial charge in [0.1, 0.15) is 4.90 Å². The van der Waals surface area contributed by atoms with E-state index in [0.29, 0.717) is 12.1 Å². The Morgan fingerprint density at radius 3 is 2.08 bits per heavy atom. The number of nitrogens with zero attached hydrogens (tertiary/aromatic N) is 1. The number of carboxylic acid groups (broad SMARTS) is 2. The summed E-state index contributed by atoms with van der Waals surface area (Å²) in [6, 6.07) is 6.49. The summed E-state index contributed by atoms with van der Waals surface area (Å²) in [6.45, 7) is 0. The predicted molar refractivity (Wildman–Crippen MR) is 73.7 cm³/mol. The normalized spacial score (nSPS) is 11.0. The molecule has 0 amide bonds. The second-order valence-electron chi connectivity index (χ2n) is 4.51. The summed E-state index contributed by atoms with van der Waals surface area (Å²) in [4.78, 5) is 30.3. The molecule has 0 saturated carbocycles. The van der Waals surface area contributed by atoms with Gasteiger partial charge >= 0.3 is 0 Å². The van der Waals surface area contributed by atoms with Crippen LogP contribution in [0.5, 0.6) is 0 Å². The van der Waals surface area contributed by atoms with E-state index in [1.165, 1.54) is 12.1 Å². The number of carboxylic acids is 2. The lowest BCUT2D eigenvalue weighted by Gasteiger charge is -2.12. The van der Waals surface area contributed by atoms with Crippen LogP contribution in [-0.2, 0) is 9.84 Å². The van der Waals surface area contributed by atoms with Gasteiger partial charge in [-0.1, -0.05) is 24.3 Å². The molecule has 0 N–H and O–H groups in total. The number of aromatic carboxylic acids is 2. The first-order chi connectivity index (χ1) is 11.2. The highest BCUT2D eigenvalue weighted by Crippen LogP contribution is 2.31. The number of sulfone groups is 1. The number of carbonyl (C=O) groups excluding carboxylic acids is 2. The second kappa shape index (κ2) is 6.08. The molecule has 0 unspecified atom stereocenters. The number of hydrogen-bond donors (Lipinski definition) is 0. The summed E-state index contributed by atoms with van der Waals surface area (Å²) in [6.07, 6.45) is 0. The van der Waals surface area contributed by atoms with Crippen LogP contribution in [0.25, 0.3) is 0 Å². The fourth-order valence-electron chi connectivity index (χ4n) is 2.00. The van der Waals surface area contributed by atoms with Crippen molar-refractivity contribution in [3.05, 3.63) is 63.7 Å². The third-order valence-electron chi connectivity index (χ3n) is 3.08. The summed E-state index contributed by atoms with van der Waals surface area (Å²) >= 11 is 0. The molecule has 124 valence electrons. The summed E-state index contributed by atoms with van der Waals surface area (Å²) < 4.78 is 25.2. The molecular weight excluding hydrogens is 342 g/mol. The SMILES string of the molecule is O=C([O-])c1ccc(S(=O)(=O)c2ccccc2C(=O)[O-])c([N+](=O)[O-])c1. The van der Waals surface area contributed by atoms with Gasteiger partial charge in [0.15, 0.2) is 0 Å². The Morgan fingerprint density at radius 1 is 0.917 bits per heavy atom. The lowest BCUT2D eigenvalue weighted by atomic mass is 10.2. The van der Waals surface area contributed by atoms with E-state index in [2.05, 4.69) is 0 Å². The van der Waals surface area contributed by atoms with Crippen LogP contribution in [-0.4, -0.2) is 25.3 Å². The minimum absolute atomic E-state index is 0.532. The van der Waals surface area contributed by atoms with Crippen LogP contribution in [0.1, 0.15) is 20.7 Å². The van der Waals surface area contributed by atoms with Gasteiger partial charge in [0.25, 0.3) is 5.69 Å². The molecule has 0 aliphatic carbocycles. The standard InChI is InChI=1S/C14H9NO8S/c16-13(17)8-5-6-12(10(7-8)15(20)21)24(22,23)11-4-2-1-3-9(11)14(18)19/h1-7H,(H,16,17)(H,18,19)/p-2. The van der Waals surface area contributed by atoms with E-state index in [1.807, 2.05) is 0 Å². The number of rotatable bonds is 5. The van der Waals surface area contributed by atoms with Crippen molar-refractivity contribution in [3.8, 4) is 0 Å². The molecule has 0 bridgehead atoms. The highest BCUT2D eigenvalue weighted by Gasteiger charge is 2.30. The van der Waals surface area contributed by atoms with E-state index >= 15 is 0 Å². The molecule has 0 atom stereocenters. The van der Waals surface area contributed by atoms with Crippen LogP contribution < -0.4 is 10.2 Å². The molecule has 0 spiro atoms. The first-order valence-corrected chi connectivity index (χ1v) is 7.70.